The maximum absolute atomic E-state index is 12.3. The Morgan fingerprint density at radius 1 is 1.30 bits per heavy atom. The second-order valence-electron chi connectivity index (χ2n) is 6.34. The molecule has 0 aromatic heterocycles. The molecule has 2 rings (SSSR count). The summed E-state index contributed by atoms with van der Waals surface area (Å²) >= 11 is 0. The number of hydrogen-bond donors (Lipinski definition) is 0. The lowest BCUT2D eigenvalue weighted by Gasteiger charge is -2.35. The molecule has 2 fully saturated rings. The molecule has 0 spiro atoms. The number of methoxy groups -OCH3 is 1. The molecule has 2 heterocycles. The number of esters is 1. The third kappa shape index (κ3) is 2.64. The zero-order valence-electron chi connectivity index (χ0n) is 12.3. The molecule has 3 atom stereocenters. The molecule has 2 aliphatic heterocycles. The molecule has 0 aromatic carbocycles. The van der Waals surface area contributed by atoms with Gasteiger partial charge in [0.05, 0.1) is 19.1 Å². The Hall–Kier alpha value is -1.59. The van der Waals surface area contributed by atoms with E-state index in [0.29, 0.717) is 19.3 Å². The standard InChI is InChI=1S/C14H21NO5/c1-14(2,3)20-13(18)15-9-5-6-11(16)10(15)7-8(9)12(17)19-4/h8-10H,5-7H2,1-4H3/t8-,9?,10-/m0/s1. The molecule has 20 heavy (non-hydrogen) atoms. The number of amides is 1. The first kappa shape index (κ1) is 14.8. The van der Waals surface area contributed by atoms with E-state index in [9.17, 15) is 14.4 Å². The Morgan fingerprint density at radius 2 is 1.95 bits per heavy atom. The van der Waals surface area contributed by atoms with Crippen molar-refractivity contribution >= 4 is 17.8 Å². The number of ether oxygens (including phenoxy) is 2. The summed E-state index contributed by atoms with van der Waals surface area (Å²) in [7, 11) is 1.32. The first-order chi connectivity index (χ1) is 9.24. The smallest absolute Gasteiger partial charge is 0.411 e. The minimum atomic E-state index is -0.627. The largest absolute Gasteiger partial charge is 0.469 e. The summed E-state index contributed by atoms with van der Waals surface area (Å²) in [6.45, 7) is 5.32. The Morgan fingerprint density at radius 3 is 2.50 bits per heavy atom. The number of carbonyl (C=O) groups excluding carboxylic acids is 3. The van der Waals surface area contributed by atoms with Crippen LogP contribution in [0.15, 0.2) is 0 Å². The van der Waals surface area contributed by atoms with Crippen molar-refractivity contribution < 1.29 is 23.9 Å². The van der Waals surface area contributed by atoms with Crippen LogP contribution in [0.2, 0.25) is 0 Å². The summed E-state index contributed by atoms with van der Waals surface area (Å²) in [6.07, 6.45) is 0.721. The van der Waals surface area contributed by atoms with Gasteiger partial charge in [-0.2, -0.15) is 0 Å². The highest BCUT2D eigenvalue weighted by Gasteiger charge is 2.53. The van der Waals surface area contributed by atoms with E-state index in [-0.39, 0.29) is 17.8 Å². The van der Waals surface area contributed by atoms with Crippen LogP contribution in [0.3, 0.4) is 0 Å². The molecule has 0 radical (unpaired) electrons. The SMILES string of the molecule is COC(=O)[C@H]1C[C@H]2C(=O)CCC1N2C(=O)OC(C)(C)C. The predicted octanol–water partition coefficient (Wildman–Crippen LogP) is 1.52. The second-order valence-corrected chi connectivity index (χ2v) is 6.34. The van der Waals surface area contributed by atoms with Gasteiger partial charge < -0.3 is 9.47 Å². The quantitative estimate of drug-likeness (QED) is 0.682. The number of ketones is 1. The monoisotopic (exact) mass is 283 g/mol. The molecule has 0 N–H and O–H groups in total. The van der Waals surface area contributed by atoms with Gasteiger partial charge in [-0.3, -0.25) is 14.5 Å². The first-order valence-corrected chi connectivity index (χ1v) is 6.86. The van der Waals surface area contributed by atoms with Crippen molar-refractivity contribution in [3.05, 3.63) is 0 Å². The van der Waals surface area contributed by atoms with E-state index >= 15 is 0 Å². The zero-order valence-corrected chi connectivity index (χ0v) is 12.3. The van der Waals surface area contributed by atoms with Crippen molar-refractivity contribution in [2.45, 2.75) is 57.7 Å². The normalized spacial score (nSPS) is 29.3. The molecule has 0 aliphatic carbocycles. The molecule has 6 heteroatoms. The number of nitrogens with zero attached hydrogens (tertiary/aromatic N) is 1. The third-order valence-corrected chi connectivity index (χ3v) is 3.80. The summed E-state index contributed by atoms with van der Waals surface area (Å²) in [4.78, 5) is 37.5. The van der Waals surface area contributed by atoms with Gasteiger partial charge in [0.25, 0.3) is 0 Å². The summed E-state index contributed by atoms with van der Waals surface area (Å²) in [5.41, 5.74) is -0.627. The molecule has 1 amide bonds. The van der Waals surface area contributed by atoms with Crippen LogP contribution in [0.1, 0.15) is 40.0 Å². The maximum Gasteiger partial charge on any atom is 0.411 e. The number of Topliss-reactive ketones (excluding diaryl/α,β-unsaturated/α-hetero) is 1. The van der Waals surface area contributed by atoms with Crippen LogP contribution in [-0.4, -0.2) is 47.5 Å². The Kier molecular flexibility index (Phi) is 3.75. The molecule has 0 aromatic rings. The van der Waals surface area contributed by atoms with Gasteiger partial charge in [-0.25, -0.2) is 4.79 Å². The average molecular weight is 283 g/mol. The number of piperidine rings is 1. The lowest BCUT2D eigenvalue weighted by molar-refractivity contribution is -0.146. The molecular formula is C14H21NO5. The van der Waals surface area contributed by atoms with Crippen molar-refractivity contribution in [2.75, 3.05) is 7.11 Å². The Labute approximate surface area is 118 Å². The van der Waals surface area contributed by atoms with E-state index in [4.69, 9.17) is 9.47 Å². The van der Waals surface area contributed by atoms with Gasteiger partial charge in [-0.1, -0.05) is 0 Å². The summed E-state index contributed by atoms with van der Waals surface area (Å²) < 4.78 is 10.1. The van der Waals surface area contributed by atoms with Crippen molar-refractivity contribution in [2.24, 2.45) is 5.92 Å². The van der Waals surface area contributed by atoms with Crippen molar-refractivity contribution in [1.29, 1.82) is 0 Å². The second kappa shape index (κ2) is 5.07. The van der Waals surface area contributed by atoms with Crippen LogP contribution >= 0.6 is 0 Å². The molecule has 1 unspecified atom stereocenters. The predicted molar refractivity (Wildman–Crippen MR) is 70.0 cm³/mol. The van der Waals surface area contributed by atoms with Crippen LogP contribution in [-0.2, 0) is 19.1 Å². The van der Waals surface area contributed by atoms with E-state index < -0.39 is 23.7 Å². The summed E-state index contributed by atoms with van der Waals surface area (Å²) in [6, 6.07) is -0.840. The van der Waals surface area contributed by atoms with Gasteiger partial charge in [0.1, 0.15) is 5.60 Å². The summed E-state index contributed by atoms with van der Waals surface area (Å²) in [5, 5.41) is 0. The minimum Gasteiger partial charge on any atom is -0.469 e. The van der Waals surface area contributed by atoms with E-state index in [1.165, 1.54) is 12.0 Å². The van der Waals surface area contributed by atoms with E-state index in [1.54, 1.807) is 20.8 Å². The molecule has 2 aliphatic rings. The van der Waals surface area contributed by atoms with Gasteiger partial charge in [-0.15, -0.1) is 0 Å². The topological polar surface area (TPSA) is 72.9 Å². The van der Waals surface area contributed by atoms with Crippen LogP contribution in [0, 0.1) is 5.92 Å². The minimum absolute atomic E-state index is 0.00138. The van der Waals surface area contributed by atoms with Gasteiger partial charge in [0, 0.05) is 12.5 Å². The number of rotatable bonds is 1. The Bertz CT molecular complexity index is 439. The zero-order chi connectivity index (χ0) is 15.1. The first-order valence-electron chi connectivity index (χ1n) is 6.86. The van der Waals surface area contributed by atoms with Crippen molar-refractivity contribution in [3.8, 4) is 0 Å². The molecule has 112 valence electrons. The van der Waals surface area contributed by atoms with Crippen LogP contribution in [0.25, 0.3) is 0 Å². The van der Waals surface area contributed by atoms with Crippen LogP contribution < -0.4 is 0 Å². The van der Waals surface area contributed by atoms with Crippen LogP contribution in [0.5, 0.6) is 0 Å². The van der Waals surface area contributed by atoms with Crippen molar-refractivity contribution in [3.63, 3.8) is 0 Å². The van der Waals surface area contributed by atoms with E-state index in [2.05, 4.69) is 0 Å². The average Bonchev–Trinajstić information content (AvgIpc) is 2.64. The van der Waals surface area contributed by atoms with Gasteiger partial charge >= 0.3 is 12.1 Å². The van der Waals surface area contributed by atoms with E-state index in [1.807, 2.05) is 0 Å². The van der Waals surface area contributed by atoms with Gasteiger partial charge in [-0.05, 0) is 33.6 Å². The highest BCUT2D eigenvalue weighted by Crippen LogP contribution is 2.39. The third-order valence-electron chi connectivity index (χ3n) is 3.80. The van der Waals surface area contributed by atoms with Gasteiger partial charge in [0.2, 0.25) is 0 Å². The number of hydrogen-bond acceptors (Lipinski definition) is 5. The van der Waals surface area contributed by atoms with E-state index in [0.717, 1.165) is 0 Å². The molecule has 2 saturated heterocycles. The lowest BCUT2D eigenvalue weighted by Crippen LogP contribution is -2.51. The summed E-state index contributed by atoms with van der Waals surface area (Å²) in [5.74, 6) is -0.789. The number of carbonyl (C=O) groups is 3. The number of fused-ring (bicyclic) bond motifs is 2. The highest BCUT2D eigenvalue weighted by molar-refractivity contribution is 5.91. The van der Waals surface area contributed by atoms with Crippen LogP contribution in [0.4, 0.5) is 4.79 Å². The lowest BCUT2D eigenvalue weighted by atomic mass is 9.98. The fraction of sp³-hybridized carbons (Fsp3) is 0.786. The molecule has 6 nitrogen and oxygen atoms in total. The Balaban J connectivity index is 2.22. The fourth-order valence-corrected chi connectivity index (χ4v) is 3.00. The highest BCUT2D eigenvalue weighted by atomic mass is 16.6. The maximum atomic E-state index is 12.3. The molecular weight excluding hydrogens is 262 g/mol. The molecule has 2 bridgehead atoms. The molecule has 0 saturated carbocycles. The van der Waals surface area contributed by atoms with Crippen molar-refractivity contribution in [1.82, 2.24) is 4.90 Å². The van der Waals surface area contributed by atoms with Gasteiger partial charge in [0.15, 0.2) is 5.78 Å². The fourth-order valence-electron chi connectivity index (χ4n) is 3.00.